The van der Waals surface area contributed by atoms with Crippen LogP contribution >= 0.6 is 11.8 Å². The fourth-order valence-electron chi connectivity index (χ4n) is 3.16. The van der Waals surface area contributed by atoms with Gasteiger partial charge in [0.25, 0.3) is 0 Å². The van der Waals surface area contributed by atoms with Gasteiger partial charge in [-0.2, -0.15) is 5.26 Å². The van der Waals surface area contributed by atoms with Gasteiger partial charge < -0.3 is 10.6 Å². The summed E-state index contributed by atoms with van der Waals surface area (Å²) in [4.78, 5) is 30.1. The number of hydrogen-bond acceptors (Lipinski definition) is 5. The third-order valence-electron chi connectivity index (χ3n) is 4.91. The first kappa shape index (κ1) is 19.9. The molecule has 2 aromatic rings. The van der Waals surface area contributed by atoms with Crippen molar-refractivity contribution in [1.82, 2.24) is 9.88 Å². The van der Waals surface area contributed by atoms with E-state index < -0.39 is 0 Å². The summed E-state index contributed by atoms with van der Waals surface area (Å²) in [6, 6.07) is 13.7. The molecule has 0 saturated carbocycles. The molecule has 1 aliphatic rings. The van der Waals surface area contributed by atoms with Gasteiger partial charge in [0, 0.05) is 24.6 Å². The molecule has 0 radical (unpaired) electrons. The van der Waals surface area contributed by atoms with E-state index in [-0.39, 0.29) is 23.5 Å². The fourth-order valence-corrected chi connectivity index (χ4v) is 4.03. The largest absolute Gasteiger partial charge is 0.369 e. The van der Waals surface area contributed by atoms with Crippen molar-refractivity contribution in [3.63, 3.8) is 0 Å². The predicted octanol–water partition coefficient (Wildman–Crippen LogP) is 2.74. The number of amides is 2. The Morgan fingerprint density at radius 2 is 1.89 bits per heavy atom. The molecule has 1 fully saturated rings. The van der Waals surface area contributed by atoms with Gasteiger partial charge in [-0.05, 0) is 31.9 Å². The maximum absolute atomic E-state index is 12.5. The second-order valence-electron chi connectivity index (χ2n) is 6.87. The van der Waals surface area contributed by atoms with E-state index in [0.717, 1.165) is 16.8 Å². The van der Waals surface area contributed by atoms with Crippen LogP contribution in [0.25, 0.3) is 11.3 Å². The third-order valence-corrected chi connectivity index (χ3v) is 5.89. The van der Waals surface area contributed by atoms with Crippen LogP contribution in [0.1, 0.15) is 24.0 Å². The maximum atomic E-state index is 12.5. The first-order chi connectivity index (χ1) is 13.5. The Labute approximate surface area is 168 Å². The number of thioether (sulfide) groups is 1. The normalized spacial score (nSPS) is 14.5. The molecular formula is C21H22N4O2S. The molecule has 2 N–H and O–H groups in total. The number of likely N-dealkylation sites (tertiary alicyclic amines) is 1. The number of rotatable bonds is 5. The predicted molar refractivity (Wildman–Crippen MR) is 108 cm³/mol. The highest BCUT2D eigenvalue weighted by Crippen LogP contribution is 2.26. The molecule has 1 aromatic heterocycles. The average molecular weight is 395 g/mol. The van der Waals surface area contributed by atoms with Gasteiger partial charge in [-0.3, -0.25) is 9.59 Å². The number of carbonyl (C=O) groups excluding carboxylic acids is 2. The van der Waals surface area contributed by atoms with Gasteiger partial charge in [0.15, 0.2) is 0 Å². The Morgan fingerprint density at radius 1 is 1.21 bits per heavy atom. The molecule has 1 aliphatic heterocycles. The van der Waals surface area contributed by atoms with Gasteiger partial charge in [-0.25, -0.2) is 4.98 Å². The van der Waals surface area contributed by atoms with Gasteiger partial charge >= 0.3 is 0 Å². The molecule has 7 heteroatoms. The molecule has 1 aromatic carbocycles. The molecule has 2 amide bonds. The van der Waals surface area contributed by atoms with Crippen molar-refractivity contribution in [3.8, 4) is 17.3 Å². The summed E-state index contributed by atoms with van der Waals surface area (Å²) in [5, 5.41) is 9.93. The molecule has 0 unspecified atom stereocenters. The third kappa shape index (κ3) is 4.70. The zero-order valence-electron chi connectivity index (χ0n) is 15.7. The van der Waals surface area contributed by atoms with Gasteiger partial charge in [0.1, 0.15) is 11.1 Å². The number of carbonyl (C=O) groups is 2. The monoisotopic (exact) mass is 394 g/mol. The molecule has 144 valence electrons. The van der Waals surface area contributed by atoms with Crippen molar-refractivity contribution < 1.29 is 9.59 Å². The highest BCUT2D eigenvalue weighted by atomic mass is 32.2. The zero-order chi connectivity index (χ0) is 20.1. The van der Waals surface area contributed by atoms with E-state index >= 15 is 0 Å². The van der Waals surface area contributed by atoms with E-state index in [1.54, 1.807) is 11.0 Å². The minimum absolute atomic E-state index is 0.0145. The van der Waals surface area contributed by atoms with Crippen LogP contribution in [0.4, 0.5) is 0 Å². The van der Waals surface area contributed by atoms with Crippen LogP contribution in [0.5, 0.6) is 0 Å². The molecule has 28 heavy (non-hydrogen) atoms. The van der Waals surface area contributed by atoms with E-state index in [0.29, 0.717) is 36.5 Å². The number of benzene rings is 1. The van der Waals surface area contributed by atoms with Crippen molar-refractivity contribution in [2.24, 2.45) is 11.7 Å². The summed E-state index contributed by atoms with van der Waals surface area (Å²) in [5.74, 6) is -0.244. The van der Waals surface area contributed by atoms with Gasteiger partial charge in [-0.1, -0.05) is 41.6 Å². The summed E-state index contributed by atoms with van der Waals surface area (Å²) >= 11 is 1.28. The lowest BCUT2D eigenvalue weighted by molar-refractivity contribution is -0.132. The molecule has 0 aliphatic carbocycles. The summed E-state index contributed by atoms with van der Waals surface area (Å²) in [6.45, 7) is 3.10. The summed E-state index contributed by atoms with van der Waals surface area (Å²) < 4.78 is 0. The van der Waals surface area contributed by atoms with Gasteiger partial charge in [0.05, 0.1) is 17.0 Å². The number of primary amides is 1. The highest BCUT2D eigenvalue weighted by molar-refractivity contribution is 8.00. The number of nitrogens with zero attached hydrogens (tertiary/aromatic N) is 3. The lowest BCUT2D eigenvalue weighted by atomic mass is 9.96. The van der Waals surface area contributed by atoms with Crippen molar-refractivity contribution in [2.45, 2.75) is 24.8 Å². The molecule has 0 spiro atoms. The number of piperidine rings is 1. The van der Waals surface area contributed by atoms with E-state index in [1.165, 1.54) is 11.8 Å². The minimum Gasteiger partial charge on any atom is -0.369 e. The summed E-state index contributed by atoms with van der Waals surface area (Å²) in [7, 11) is 0. The second-order valence-corrected chi connectivity index (χ2v) is 7.84. The van der Waals surface area contributed by atoms with E-state index in [4.69, 9.17) is 5.73 Å². The Balaban J connectivity index is 1.67. The van der Waals surface area contributed by atoms with Crippen LogP contribution in [0.2, 0.25) is 0 Å². The lowest BCUT2D eigenvalue weighted by Gasteiger charge is -2.30. The first-order valence-corrected chi connectivity index (χ1v) is 10.1. The van der Waals surface area contributed by atoms with Crippen LogP contribution in [-0.4, -0.2) is 40.5 Å². The van der Waals surface area contributed by atoms with E-state index in [9.17, 15) is 14.9 Å². The Hall–Kier alpha value is -2.85. The SMILES string of the molecule is Cc1ccc(-c2ccc(C#N)c(SCC(=O)N3CCC(C(N)=O)CC3)n2)cc1. The quantitative estimate of drug-likeness (QED) is 0.786. The van der Waals surface area contributed by atoms with Crippen LogP contribution in [-0.2, 0) is 9.59 Å². The lowest BCUT2D eigenvalue weighted by Crippen LogP contribution is -2.42. The first-order valence-electron chi connectivity index (χ1n) is 9.16. The van der Waals surface area contributed by atoms with Crippen molar-refractivity contribution >= 4 is 23.6 Å². The molecule has 6 nitrogen and oxygen atoms in total. The Kier molecular flexibility index (Phi) is 6.32. The molecular weight excluding hydrogens is 372 g/mol. The van der Waals surface area contributed by atoms with Crippen LogP contribution in [0, 0.1) is 24.2 Å². The van der Waals surface area contributed by atoms with Gasteiger partial charge in [0.2, 0.25) is 11.8 Å². The minimum atomic E-state index is -0.294. The number of aryl methyl sites for hydroxylation is 1. The summed E-state index contributed by atoms with van der Waals surface area (Å²) in [6.07, 6.45) is 1.21. The van der Waals surface area contributed by atoms with Crippen molar-refractivity contribution in [2.75, 3.05) is 18.8 Å². The standard InChI is InChI=1S/C21H22N4O2S/c1-14-2-4-15(5-3-14)18-7-6-17(12-22)21(24-18)28-13-19(26)25-10-8-16(9-11-25)20(23)27/h2-7,16H,8-11,13H2,1H3,(H2,23,27). The van der Waals surface area contributed by atoms with Gasteiger partial charge in [-0.15, -0.1) is 0 Å². The van der Waals surface area contributed by atoms with Crippen LogP contribution < -0.4 is 5.73 Å². The smallest absolute Gasteiger partial charge is 0.232 e. The Bertz CT molecular complexity index is 913. The molecule has 1 saturated heterocycles. The van der Waals surface area contributed by atoms with E-state index in [2.05, 4.69) is 11.1 Å². The average Bonchev–Trinajstić information content (AvgIpc) is 2.72. The number of aromatic nitrogens is 1. The van der Waals surface area contributed by atoms with Crippen molar-refractivity contribution in [1.29, 1.82) is 5.26 Å². The molecule has 0 atom stereocenters. The van der Waals surface area contributed by atoms with Crippen LogP contribution in [0.15, 0.2) is 41.4 Å². The molecule has 2 heterocycles. The highest BCUT2D eigenvalue weighted by Gasteiger charge is 2.26. The maximum Gasteiger partial charge on any atom is 0.232 e. The van der Waals surface area contributed by atoms with E-state index in [1.807, 2.05) is 37.3 Å². The number of pyridine rings is 1. The van der Waals surface area contributed by atoms with Crippen molar-refractivity contribution in [3.05, 3.63) is 47.5 Å². The fraction of sp³-hybridized carbons (Fsp3) is 0.333. The second kappa shape index (κ2) is 8.89. The number of nitriles is 1. The number of nitrogens with two attached hydrogens (primary N) is 1. The topological polar surface area (TPSA) is 100 Å². The zero-order valence-corrected chi connectivity index (χ0v) is 16.5. The molecule has 0 bridgehead atoms. The number of hydrogen-bond donors (Lipinski definition) is 1. The van der Waals surface area contributed by atoms with Crippen LogP contribution in [0.3, 0.4) is 0 Å². The molecule has 3 rings (SSSR count). The Morgan fingerprint density at radius 3 is 2.50 bits per heavy atom. The summed E-state index contributed by atoms with van der Waals surface area (Å²) in [5.41, 5.74) is 8.71.